The summed E-state index contributed by atoms with van der Waals surface area (Å²) in [4.78, 5) is 11.1. The predicted molar refractivity (Wildman–Crippen MR) is 48.5 cm³/mol. The number of nitrogens with two attached hydrogens (primary N) is 1. The molecule has 0 spiro atoms. The maximum atomic E-state index is 11.1. The van der Waals surface area contributed by atoms with Gasteiger partial charge in [0.05, 0.1) is 0 Å². The summed E-state index contributed by atoms with van der Waals surface area (Å²) >= 11 is 0. The molecule has 0 radical (unpaired) electrons. The fourth-order valence-corrected chi connectivity index (χ4v) is 1.17. The molecule has 4 heteroatoms. The maximum absolute atomic E-state index is 11.1. The van der Waals surface area contributed by atoms with Crippen molar-refractivity contribution in [1.29, 1.82) is 0 Å². The molecule has 0 bridgehead atoms. The van der Waals surface area contributed by atoms with Gasteiger partial charge in [-0.25, -0.2) is 0 Å². The van der Waals surface area contributed by atoms with E-state index in [0.717, 1.165) is 0 Å². The predicted octanol–water partition coefficient (Wildman–Crippen LogP) is 1.38. The Morgan fingerprint density at radius 3 is 2.31 bits per heavy atom. The molecule has 0 saturated heterocycles. The van der Waals surface area contributed by atoms with E-state index >= 15 is 0 Å². The fourth-order valence-electron chi connectivity index (χ4n) is 1.17. The lowest BCUT2D eigenvalue weighted by molar-refractivity contribution is 0.0997. The van der Waals surface area contributed by atoms with Gasteiger partial charge in [0.15, 0.2) is 0 Å². The Labute approximate surface area is 77.1 Å². The van der Waals surface area contributed by atoms with Gasteiger partial charge in [-0.2, -0.15) is 0 Å². The van der Waals surface area contributed by atoms with Crippen molar-refractivity contribution in [2.24, 2.45) is 5.73 Å². The number of aromatic nitrogens is 1. The Hall–Kier alpha value is -1.32. The van der Waals surface area contributed by atoms with Crippen LogP contribution in [0.4, 0.5) is 0 Å². The highest BCUT2D eigenvalue weighted by Crippen LogP contribution is 2.26. The van der Waals surface area contributed by atoms with Crippen molar-refractivity contribution in [3.05, 3.63) is 17.0 Å². The largest absolute Gasteiger partial charge is 0.365 e. The van der Waals surface area contributed by atoms with Crippen molar-refractivity contribution in [3.63, 3.8) is 0 Å². The average molecular weight is 182 g/mol. The van der Waals surface area contributed by atoms with Crippen molar-refractivity contribution in [1.82, 2.24) is 5.16 Å². The van der Waals surface area contributed by atoms with E-state index < -0.39 is 5.91 Å². The van der Waals surface area contributed by atoms with E-state index in [1.807, 2.05) is 20.8 Å². The molecule has 1 aromatic heterocycles. The molecular weight excluding hydrogens is 168 g/mol. The number of aryl methyl sites for hydroxylation is 1. The van der Waals surface area contributed by atoms with Crippen LogP contribution >= 0.6 is 0 Å². The normalized spacial score (nSPS) is 11.7. The second-order valence-corrected chi connectivity index (χ2v) is 4.08. The van der Waals surface area contributed by atoms with Crippen LogP contribution in [0.2, 0.25) is 0 Å². The minimum Gasteiger partial charge on any atom is -0.365 e. The lowest BCUT2D eigenvalue weighted by Gasteiger charge is -2.15. The van der Waals surface area contributed by atoms with Crippen molar-refractivity contribution >= 4 is 5.91 Å². The number of hydrogen-bond donors (Lipinski definition) is 1. The Morgan fingerprint density at radius 1 is 1.46 bits per heavy atom. The summed E-state index contributed by atoms with van der Waals surface area (Å²) in [5.74, 6) is 0.00102. The van der Waals surface area contributed by atoms with Crippen molar-refractivity contribution in [2.75, 3.05) is 0 Å². The zero-order chi connectivity index (χ0) is 10.2. The van der Waals surface area contributed by atoms with Crippen LogP contribution in [-0.2, 0) is 5.41 Å². The molecule has 0 atom stereocenters. The molecule has 0 aliphatic heterocycles. The van der Waals surface area contributed by atoms with Gasteiger partial charge in [0.1, 0.15) is 17.0 Å². The molecule has 1 amide bonds. The first-order valence-electron chi connectivity index (χ1n) is 4.10. The van der Waals surface area contributed by atoms with Crippen molar-refractivity contribution in [3.8, 4) is 0 Å². The number of hydrogen-bond acceptors (Lipinski definition) is 3. The van der Waals surface area contributed by atoms with Crippen molar-refractivity contribution in [2.45, 2.75) is 33.1 Å². The zero-order valence-corrected chi connectivity index (χ0v) is 8.34. The smallest absolute Gasteiger partial charge is 0.254 e. The van der Waals surface area contributed by atoms with Crippen LogP contribution in [0.25, 0.3) is 0 Å². The molecule has 0 saturated carbocycles. The average Bonchev–Trinajstić information content (AvgIpc) is 2.28. The number of amides is 1. The molecule has 4 nitrogen and oxygen atoms in total. The minimum atomic E-state index is -0.483. The van der Waals surface area contributed by atoms with Gasteiger partial charge in [-0.3, -0.25) is 4.79 Å². The van der Waals surface area contributed by atoms with Gasteiger partial charge in [0.25, 0.3) is 5.91 Å². The van der Waals surface area contributed by atoms with Crippen LogP contribution in [0.1, 0.15) is 42.6 Å². The maximum Gasteiger partial charge on any atom is 0.254 e. The first-order valence-corrected chi connectivity index (χ1v) is 4.10. The lowest BCUT2D eigenvalue weighted by atomic mass is 9.88. The molecule has 0 aliphatic carbocycles. The van der Waals surface area contributed by atoms with Gasteiger partial charge in [0.2, 0.25) is 0 Å². The minimum absolute atomic E-state index is 0.220. The molecule has 13 heavy (non-hydrogen) atoms. The van der Waals surface area contributed by atoms with Crippen LogP contribution < -0.4 is 5.73 Å². The Bertz CT molecular complexity index is 334. The second kappa shape index (κ2) is 2.87. The van der Waals surface area contributed by atoms with E-state index in [-0.39, 0.29) is 5.41 Å². The van der Waals surface area contributed by atoms with E-state index in [2.05, 4.69) is 5.16 Å². The first-order chi connectivity index (χ1) is 5.84. The van der Waals surface area contributed by atoms with Crippen LogP contribution in [0.5, 0.6) is 0 Å². The number of carbonyl (C=O) groups excluding carboxylic acids is 1. The summed E-state index contributed by atoms with van der Waals surface area (Å²) in [5, 5.41) is 3.83. The van der Waals surface area contributed by atoms with Gasteiger partial charge < -0.3 is 10.3 Å². The quantitative estimate of drug-likeness (QED) is 0.713. The highest BCUT2D eigenvalue weighted by Gasteiger charge is 2.27. The summed E-state index contributed by atoms with van der Waals surface area (Å²) in [6.45, 7) is 7.55. The molecule has 0 unspecified atom stereocenters. The van der Waals surface area contributed by atoms with E-state index in [4.69, 9.17) is 10.3 Å². The van der Waals surface area contributed by atoms with E-state index in [1.165, 1.54) is 0 Å². The molecule has 0 aromatic carbocycles. The van der Waals surface area contributed by atoms with E-state index in [9.17, 15) is 4.79 Å². The topological polar surface area (TPSA) is 69.1 Å². The molecule has 1 heterocycles. The Balaban J connectivity index is 3.31. The van der Waals surface area contributed by atoms with Gasteiger partial charge in [-0.1, -0.05) is 25.9 Å². The monoisotopic (exact) mass is 182 g/mol. The zero-order valence-electron chi connectivity index (χ0n) is 8.34. The summed E-state index contributed by atoms with van der Waals surface area (Å²) in [5.41, 5.74) is 6.03. The Morgan fingerprint density at radius 2 is 2.00 bits per heavy atom. The summed E-state index contributed by atoms with van der Waals surface area (Å²) < 4.78 is 4.93. The van der Waals surface area contributed by atoms with Crippen LogP contribution in [-0.4, -0.2) is 11.1 Å². The van der Waals surface area contributed by atoms with Gasteiger partial charge in [-0.15, -0.1) is 0 Å². The molecule has 2 N–H and O–H groups in total. The SMILES string of the molecule is Cc1onc(C(C)(C)C)c1C(N)=O. The third-order valence-corrected chi connectivity index (χ3v) is 1.82. The van der Waals surface area contributed by atoms with E-state index in [0.29, 0.717) is 17.0 Å². The van der Waals surface area contributed by atoms with Crippen LogP contribution in [0.3, 0.4) is 0 Å². The molecule has 72 valence electrons. The molecule has 1 rings (SSSR count). The first kappa shape index (κ1) is 9.77. The fraction of sp³-hybridized carbons (Fsp3) is 0.556. The molecule has 0 fully saturated rings. The Kier molecular flexibility index (Phi) is 2.15. The highest BCUT2D eigenvalue weighted by atomic mass is 16.5. The van der Waals surface area contributed by atoms with Crippen molar-refractivity contribution < 1.29 is 9.32 Å². The van der Waals surface area contributed by atoms with Crippen LogP contribution in [0.15, 0.2) is 4.52 Å². The number of rotatable bonds is 1. The lowest BCUT2D eigenvalue weighted by Crippen LogP contribution is -2.21. The molecular formula is C9H14N2O2. The third kappa shape index (κ3) is 1.71. The number of primary amides is 1. The molecule has 1 aromatic rings. The number of carbonyl (C=O) groups is 1. The third-order valence-electron chi connectivity index (χ3n) is 1.82. The summed E-state index contributed by atoms with van der Waals surface area (Å²) in [6.07, 6.45) is 0. The van der Waals surface area contributed by atoms with Gasteiger partial charge in [-0.05, 0) is 6.92 Å². The van der Waals surface area contributed by atoms with E-state index in [1.54, 1.807) is 6.92 Å². The number of nitrogens with zero attached hydrogens (tertiary/aromatic N) is 1. The van der Waals surface area contributed by atoms with Gasteiger partial charge in [0, 0.05) is 5.41 Å². The standard InChI is InChI=1S/C9H14N2O2/c1-5-6(8(10)12)7(11-13-5)9(2,3)4/h1-4H3,(H2,10,12). The van der Waals surface area contributed by atoms with Gasteiger partial charge >= 0.3 is 0 Å². The molecule has 0 aliphatic rings. The van der Waals surface area contributed by atoms with Crippen LogP contribution in [0, 0.1) is 6.92 Å². The summed E-state index contributed by atoms with van der Waals surface area (Å²) in [7, 11) is 0. The highest BCUT2D eigenvalue weighted by molar-refractivity contribution is 5.95. The summed E-state index contributed by atoms with van der Waals surface area (Å²) in [6, 6.07) is 0. The second-order valence-electron chi connectivity index (χ2n) is 4.08.